The van der Waals surface area contributed by atoms with Gasteiger partial charge >= 0.3 is 6.09 Å². The van der Waals surface area contributed by atoms with E-state index in [1.54, 1.807) is 20.8 Å². The van der Waals surface area contributed by atoms with Gasteiger partial charge in [-0.3, -0.25) is 24.1 Å². The van der Waals surface area contributed by atoms with Crippen molar-refractivity contribution in [3.63, 3.8) is 0 Å². The van der Waals surface area contributed by atoms with Crippen LogP contribution in [0.15, 0.2) is 12.2 Å². The first-order valence-corrected chi connectivity index (χ1v) is 9.58. The highest BCUT2D eigenvalue weighted by Gasteiger charge is 2.25. The Morgan fingerprint density at radius 3 is 2.14 bits per heavy atom. The van der Waals surface area contributed by atoms with Crippen LogP contribution in [-0.4, -0.2) is 59.4 Å². The second-order valence-corrected chi connectivity index (χ2v) is 7.04. The molecule has 0 spiro atoms. The van der Waals surface area contributed by atoms with Crippen LogP contribution in [0, 0.1) is 0 Å². The van der Waals surface area contributed by atoms with E-state index in [0.29, 0.717) is 19.4 Å². The summed E-state index contributed by atoms with van der Waals surface area (Å²) in [5, 5.41) is 5.00. The molecule has 0 saturated carbocycles. The van der Waals surface area contributed by atoms with Crippen molar-refractivity contribution < 1.29 is 28.7 Å². The van der Waals surface area contributed by atoms with E-state index >= 15 is 0 Å². The van der Waals surface area contributed by atoms with Gasteiger partial charge in [0, 0.05) is 18.7 Å². The molecule has 1 atom stereocenters. The van der Waals surface area contributed by atoms with Crippen molar-refractivity contribution in [2.45, 2.75) is 65.5 Å². The van der Waals surface area contributed by atoms with Gasteiger partial charge < -0.3 is 21.1 Å². The monoisotopic (exact) mass is 412 g/mol. The number of hydrogen-bond donors (Lipinski definition) is 3. The number of carbonyl (C=O) groups excluding carboxylic acids is 5. The largest absolute Gasteiger partial charge is 0.444 e. The van der Waals surface area contributed by atoms with E-state index in [1.165, 1.54) is 0 Å². The second kappa shape index (κ2) is 12.5. The first-order chi connectivity index (χ1) is 13.5. The Labute approximate surface area is 171 Å². The van der Waals surface area contributed by atoms with Gasteiger partial charge in [-0.25, -0.2) is 4.79 Å². The zero-order valence-corrected chi connectivity index (χ0v) is 17.7. The summed E-state index contributed by atoms with van der Waals surface area (Å²) in [7, 11) is 0. The standard InChI is InChI=1S/C17H26N4O6.C2H6/c1-17(2,3)27-16(26)20-11(15(18)25)6-4-5-9-19-12(22)10-21-13(23)7-8-14(21)24;1-2/h7-8,11H,4-6,9-10H2,1-3H3,(H2,18,25)(H,19,22)(H,20,26);1-2H3. The molecule has 0 bridgehead atoms. The molecule has 0 aromatic rings. The predicted molar refractivity (Wildman–Crippen MR) is 106 cm³/mol. The molecule has 0 aromatic heterocycles. The van der Waals surface area contributed by atoms with Crippen LogP contribution in [0.1, 0.15) is 53.9 Å². The molecule has 1 rings (SSSR count). The van der Waals surface area contributed by atoms with Gasteiger partial charge in [-0.15, -0.1) is 0 Å². The molecule has 1 aliphatic heterocycles. The maximum absolute atomic E-state index is 11.7. The van der Waals surface area contributed by atoms with E-state index in [2.05, 4.69) is 10.6 Å². The van der Waals surface area contributed by atoms with Gasteiger partial charge in [0.25, 0.3) is 11.8 Å². The minimum absolute atomic E-state index is 0.289. The van der Waals surface area contributed by atoms with Crippen molar-refractivity contribution in [3.8, 4) is 0 Å². The first kappa shape index (κ1) is 26.1. The van der Waals surface area contributed by atoms with Gasteiger partial charge in [0.15, 0.2) is 0 Å². The molecule has 164 valence electrons. The maximum atomic E-state index is 11.7. The van der Waals surface area contributed by atoms with E-state index in [0.717, 1.165) is 17.1 Å². The number of nitrogens with one attached hydrogen (secondary N) is 2. The smallest absolute Gasteiger partial charge is 0.408 e. The fraction of sp³-hybridized carbons (Fsp3) is 0.632. The summed E-state index contributed by atoms with van der Waals surface area (Å²) in [4.78, 5) is 58.4. The zero-order valence-electron chi connectivity index (χ0n) is 17.7. The van der Waals surface area contributed by atoms with Gasteiger partial charge in [0.05, 0.1) is 0 Å². The van der Waals surface area contributed by atoms with Crippen LogP contribution in [0.2, 0.25) is 0 Å². The minimum atomic E-state index is -0.874. The number of nitrogens with two attached hydrogens (primary N) is 1. The number of ether oxygens (including phenoxy) is 1. The number of carbonyl (C=O) groups is 5. The van der Waals surface area contributed by atoms with Gasteiger partial charge in [-0.1, -0.05) is 13.8 Å². The lowest BCUT2D eigenvalue weighted by atomic mass is 10.1. The van der Waals surface area contributed by atoms with Gasteiger partial charge in [-0.05, 0) is 40.0 Å². The molecular weight excluding hydrogens is 380 g/mol. The molecule has 10 heteroatoms. The van der Waals surface area contributed by atoms with Crippen molar-refractivity contribution >= 4 is 29.7 Å². The normalized spacial score (nSPS) is 14.0. The van der Waals surface area contributed by atoms with Crippen molar-refractivity contribution in [1.29, 1.82) is 0 Å². The number of nitrogens with zero attached hydrogens (tertiary/aromatic N) is 1. The lowest BCUT2D eigenvalue weighted by molar-refractivity contribution is -0.141. The van der Waals surface area contributed by atoms with Crippen molar-refractivity contribution in [2.75, 3.05) is 13.1 Å². The third-order valence-corrected chi connectivity index (χ3v) is 3.48. The van der Waals surface area contributed by atoms with Crippen LogP contribution in [-0.2, 0) is 23.9 Å². The number of primary amides is 1. The lowest BCUT2D eigenvalue weighted by Crippen LogP contribution is -2.46. The molecule has 4 N–H and O–H groups in total. The van der Waals surface area contributed by atoms with Gasteiger partial charge in [0.1, 0.15) is 18.2 Å². The average molecular weight is 412 g/mol. The summed E-state index contributed by atoms with van der Waals surface area (Å²) in [6, 6.07) is -0.874. The summed E-state index contributed by atoms with van der Waals surface area (Å²) in [6.45, 7) is 9.06. The summed E-state index contributed by atoms with van der Waals surface area (Å²) in [5.41, 5.74) is 4.58. The first-order valence-electron chi connectivity index (χ1n) is 9.58. The fourth-order valence-corrected chi connectivity index (χ4v) is 2.22. The van der Waals surface area contributed by atoms with Crippen molar-refractivity contribution in [2.24, 2.45) is 5.73 Å². The molecule has 0 radical (unpaired) electrons. The van der Waals surface area contributed by atoms with Crippen molar-refractivity contribution in [3.05, 3.63) is 12.2 Å². The van der Waals surface area contributed by atoms with Crippen LogP contribution in [0.5, 0.6) is 0 Å². The van der Waals surface area contributed by atoms with E-state index < -0.39 is 41.4 Å². The van der Waals surface area contributed by atoms with Crippen LogP contribution in [0.4, 0.5) is 4.79 Å². The third kappa shape index (κ3) is 10.9. The predicted octanol–water partition coefficient (Wildman–Crippen LogP) is 0.603. The Kier molecular flexibility index (Phi) is 11.3. The Hall–Kier alpha value is -2.91. The topological polar surface area (TPSA) is 148 Å². The van der Waals surface area contributed by atoms with E-state index in [1.807, 2.05) is 13.8 Å². The second-order valence-electron chi connectivity index (χ2n) is 7.04. The highest BCUT2D eigenvalue weighted by molar-refractivity contribution is 6.14. The van der Waals surface area contributed by atoms with E-state index in [-0.39, 0.29) is 13.0 Å². The Balaban J connectivity index is 0.00000379. The summed E-state index contributed by atoms with van der Waals surface area (Å²) < 4.78 is 5.08. The number of rotatable bonds is 9. The lowest BCUT2D eigenvalue weighted by Gasteiger charge is -2.22. The van der Waals surface area contributed by atoms with Gasteiger partial charge in [0.2, 0.25) is 11.8 Å². The molecule has 5 amide bonds. The highest BCUT2D eigenvalue weighted by Crippen LogP contribution is 2.08. The van der Waals surface area contributed by atoms with Crippen LogP contribution in [0.3, 0.4) is 0 Å². The van der Waals surface area contributed by atoms with E-state index in [9.17, 15) is 24.0 Å². The van der Waals surface area contributed by atoms with Gasteiger partial charge in [-0.2, -0.15) is 0 Å². The molecule has 29 heavy (non-hydrogen) atoms. The Bertz CT molecular complexity index is 621. The average Bonchev–Trinajstić information content (AvgIpc) is 2.92. The maximum Gasteiger partial charge on any atom is 0.408 e. The number of amides is 5. The molecule has 0 aliphatic carbocycles. The summed E-state index contributed by atoms with van der Waals surface area (Å²) in [5.74, 6) is -2.18. The minimum Gasteiger partial charge on any atom is -0.444 e. The Morgan fingerprint density at radius 1 is 1.10 bits per heavy atom. The molecule has 1 heterocycles. The summed E-state index contributed by atoms with van der Waals surface area (Å²) >= 11 is 0. The van der Waals surface area contributed by atoms with Crippen LogP contribution < -0.4 is 16.4 Å². The highest BCUT2D eigenvalue weighted by atomic mass is 16.6. The molecule has 0 saturated heterocycles. The summed E-state index contributed by atoms with van der Waals surface area (Å²) in [6.07, 6.45) is 2.80. The molecule has 0 fully saturated rings. The van der Waals surface area contributed by atoms with Crippen molar-refractivity contribution in [1.82, 2.24) is 15.5 Å². The SMILES string of the molecule is CC.CC(C)(C)OC(=O)NC(CCCCNC(=O)CN1C(=O)C=CC1=O)C(N)=O. The Morgan fingerprint density at radius 2 is 1.66 bits per heavy atom. The van der Waals surface area contributed by atoms with Crippen LogP contribution >= 0.6 is 0 Å². The molecular formula is C19H32N4O6. The molecule has 10 nitrogen and oxygen atoms in total. The molecule has 1 aliphatic rings. The zero-order chi connectivity index (χ0) is 22.6. The van der Waals surface area contributed by atoms with Crippen LogP contribution in [0.25, 0.3) is 0 Å². The third-order valence-electron chi connectivity index (χ3n) is 3.48. The quantitative estimate of drug-likeness (QED) is 0.373. The van der Waals surface area contributed by atoms with E-state index in [4.69, 9.17) is 10.5 Å². The fourth-order valence-electron chi connectivity index (χ4n) is 2.22. The number of imide groups is 1. The molecule has 1 unspecified atom stereocenters. The number of unbranched alkanes of at least 4 members (excludes halogenated alkanes) is 1. The number of hydrogen-bond acceptors (Lipinski definition) is 6. The molecule has 0 aromatic carbocycles. The number of alkyl carbamates (subject to hydrolysis) is 1.